The lowest BCUT2D eigenvalue weighted by atomic mass is 10.1. The number of benzene rings is 1. The lowest BCUT2D eigenvalue weighted by Crippen LogP contribution is -1.94. The average molecular weight is 231 g/mol. The second-order valence-corrected chi connectivity index (χ2v) is 3.45. The fraction of sp³-hybridized carbons (Fsp3) is 0. The minimum atomic E-state index is 0.260. The predicted molar refractivity (Wildman–Crippen MR) is 63.2 cm³/mol. The van der Waals surface area contributed by atoms with E-state index in [-0.39, 0.29) is 11.0 Å². The Morgan fingerprint density at radius 2 is 1.94 bits per heavy atom. The van der Waals surface area contributed by atoms with E-state index >= 15 is 0 Å². The van der Waals surface area contributed by atoms with E-state index in [0.29, 0.717) is 11.4 Å². The summed E-state index contributed by atoms with van der Waals surface area (Å²) in [7, 11) is 0. The van der Waals surface area contributed by atoms with Gasteiger partial charge in [0, 0.05) is 5.56 Å². The summed E-state index contributed by atoms with van der Waals surface area (Å²) in [5.41, 5.74) is 7.40. The fourth-order valence-electron chi connectivity index (χ4n) is 1.27. The molecule has 16 heavy (non-hydrogen) atoms. The van der Waals surface area contributed by atoms with Crippen LogP contribution in [0.1, 0.15) is 0 Å². The van der Waals surface area contributed by atoms with E-state index in [9.17, 15) is 0 Å². The number of aromatic nitrogens is 2. The Bertz CT molecular complexity index is 557. The van der Waals surface area contributed by atoms with Crippen LogP contribution in [-0.4, -0.2) is 9.97 Å². The molecule has 0 unspecified atom stereocenters. The largest absolute Gasteiger partial charge is 0.382 e. The highest BCUT2D eigenvalue weighted by Gasteiger charge is 2.06. The van der Waals surface area contributed by atoms with Crippen molar-refractivity contribution in [1.82, 2.24) is 9.97 Å². The Morgan fingerprint density at radius 3 is 2.50 bits per heavy atom. The molecule has 1 aromatic heterocycles. The van der Waals surface area contributed by atoms with Crippen molar-refractivity contribution in [1.29, 1.82) is 0 Å². The van der Waals surface area contributed by atoms with Crippen LogP contribution in [0.2, 0.25) is 5.15 Å². The van der Waals surface area contributed by atoms with Crippen LogP contribution in [0, 0.1) is 6.57 Å². The summed E-state index contributed by atoms with van der Waals surface area (Å²) >= 11 is 5.92. The van der Waals surface area contributed by atoms with Crippen LogP contribution in [0.3, 0.4) is 0 Å². The van der Waals surface area contributed by atoms with E-state index in [0.717, 1.165) is 5.56 Å². The number of halogens is 1. The van der Waals surface area contributed by atoms with Crippen molar-refractivity contribution in [2.75, 3.05) is 5.73 Å². The molecule has 2 rings (SSSR count). The van der Waals surface area contributed by atoms with Crippen LogP contribution in [0.15, 0.2) is 30.5 Å². The van der Waals surface area contributed by atoms with Crippen molar-refractivity contribution < 1.29 is 0 Å². The first kappa shape index (κ1) is 10.4. The molecule has 0 radical (unpaired) electrons. The highest BCUT2D eigenvalue weighted by molar-refractivity contribution is 6.31. The minimum Gasteiger partial charge on any atom is -0.382 e. The molecule has 0 aliphatic heterocycles. The summed E-state index contributed by atoms with van der Waals surface area (Å²) in [4.78, 5) is 11.3. The van der Waals surface area contributed by atoms with E-state index in [4.69, 9.17) is 23.9 Å². The summed E-state index contributed by atoms with van der Waals surface area (Å²) < 4.78 is 0. The van der Waals surface area contributed by atoms with Gasteiger partial charge in [-0.3, -0.25) is 0 Å². The molecule has 0 amide bonds. The number of nitrogens with zero attached hydrogens (tertiary/aromatic N) is 3. The summed E-state index contributed by atoms with van der Waals surface area (Å²) in [6.45, 7) is 6.84. The van der Waals surface area contributed by atoms with Gasteiger partial charge in [0.15, 0.2) is 10.8 Å². The molecule has 0 spiro atoms. The molecule has 78 valence electrons. The normalized spacial score (nSPS) is 9.75. The van der Waals surface area contributed by atoms with Gasteiger partial charge in [0.05, 0.1) is 12.8 Å². The van der Waals surface area contributed by atoms with Gasteiger partial charge in [0.25, 0.3) is 0 Å². The standard InChI is InChI=1S/C11H7ClN4/c1-14-8-4-2-7(3-5-8)10-11(12)16-9(13)6-15-10/h2-6H,(H2,13,16). The summed E-state index contributed by atoms with van der Waals surface area (Å²) in [6.07, 6.45) is 1.45. The van der Waals surface area contributed by atoms with Gasteiger partial charge >= 0.3 is 0 Å². The lowest BCUT2D eigenvalue weighted by Gasteiger charge is -2.03. The van der Waals surface area contributed by atoms with Gasteiger partial charge in [0.1, 0.15) is 11.5 Å². The summed E-state index contributed by atoms with van der Waals surface area (Å²) in [5, 5.41) is 0.260. The van der Waals surface area contributed by atoms with Gasteiger partial charge in [0.2, 0.25) is 0 Å². The number of anilines is 1. The zero-order chi connectivity index (χ0) is 11.5. The maximum atomic E-state index is 6.84. The first-order valence-electron chi connectivity index (χ1n) is 4.46. The predicted octanol–water partition coefficient (Wildman–Crippen LogP) is 2.93. The molecule has 2 N–H and O–H groups in total. The number of hydrogen-bond donors (Lipinski definition) is 1. The molecule has 0 bridgehead atoms. The van der Waals surface area contributed by atoms with Crippen molar-refractivity contribution in [3.63, 3.8) is 0 Å². The second kappa shape index (κ2) is 4.17. The first-order valence-corrected chi connectivity index (χ1v) is 4.84. The maximum Gasteiger partial charge on any atom is 0.187 e. The molecule has 2 aromatic rings. The molecule has 0 fully saturated rings. The molecule has 4 nitrogen and oxygen atoms in total. The van der Waals surface area contributed by atoms with E-state index < -0.39 is 0 Å². The van der Waals surface area contributed by atoms with E-state index in [1.54, 1.807) is 24.3 Å². The topological polar surface area (TPSA) is 56.2 Å². The third-order valence-electron chi connectivity index (χ3n) is 2.02. The third kappa shape index (κ3) is 1.95. The number of hydrogen-bond acceptors (Lipinski definition) is 3. The van der Waals surface area contributed by atoms with Crippen LogP contribution in [-0.2, 0) is 0 Å². The van der Waals surface area contributed by atoms with Crippen molar-refractivity contribution >= 4 is 23.1 Å². The molecule has 1 aromatic carbocycles. The lowest BCUT2D eigenvalue weighted by molar-refractivity contribution is 1.22. The highest BCUT2D eigenvalue weighted by atomic mass is 35.5. The molecule has 0 atom stereocenters. The number of rotatable bonds is 1. The molecule has 1 heterocycles. The number of nitrogens with two attached hydrogens (primary N) is 1. The fourth-order valence-corrected chi connectivity index (χ4v) is 1.52. The molecule has 0 aliphatic rings. The zero-order valence-corrected chi connectivity index (χ0v) is 8.94. The first-order chi connectivity index (χ1) is 7.70. The van der Waals surface area contributed by atoms with Crippen LogP contribution in [0.25, 0.3) is 16.1 Å². The zero-order valence-electron chi connectivity index (χ0n) is 8.18. The second-order valence-electron chi connectivity index (χ2n) is 3.09. The Balaban J connectivity index is 2.47. The number of nitrogen functional groups attached to an aromatic ring is 1. The Kier molecular flexibility index (Phi) is 2.71. The van der Waals surface area contributed by atoms with E-state index in [1.165, 1.54) is 6.20 Å². The Morgan fingerprint density at radius 1 is 1.25 bits per heavy atom. The SMILES string of the molecule is [C-]#[N+]c1ccc(-c2ncc(N)nc2Cl)cc1. The molecular weight excluding hydrogens is 224 g/mol. The molecular formula is C11H7ClN4. The monoisotopic (exact) mass is 230 g/mol. The van der Waals surface area contributed by atoms with Crippen LogP contribution >= 0.6 is 11.6 Å². The maximum absolute atomic E-state index is 6.84. The van der Waals surface area contributed by atoms with E-state index in [2.05, 4.69) is 14.8 Å². The molecule has 0 saturated carbocycles. The molecule has 0 saturated heterocycles. The quantitative estimate of drug-likeness (QED) is 0.767. The summed E-state index contributed by atoms with van der Waals surface area (Å²) in [6, 6.07) is 6.96. The Hall–Kier alpha value is -2.12. The van der Waals surface area contributed by atoms with Crippen molar-refractivity contribution in [3.8, 4) is 11.3 Å². The van der Waals surface area contributed by atoms with Gasteiger partial charge in [-0.05, 0) is 0 Å². The third-order valence-corrected chi connectivity index (χ3v) is 2.28. The van der Waals surface area contributed by atoms with Crippen LogP contribution in [0.5, 0.6) is 0 Å². The van der Waals surface area contributed by atoms with Gasteiger partial charge in [-0.1, -0.05) is 35.9 Å². The van der Waals surface area contributed by atoms with Crippen molar-refractivity contribution in [2.45, 2.75) is 0 Å². The van der Waals surface area contributed by atoms with Crippen LogP contribution in [0.4, 0.5) is 11.5 Å². The highest BCUT2D eigenvalue weighted by Crippen LogP contribution is 2.26. The minimum absolute atomic E-state index is 0.260. The van der Waals surface area contributed by atoms with Gasteiger partial charge in [-0.15, -0.1) is 0 Å². The molecule has 5 heteroatoms. The van der Waals surface area contributed by atoms with Gasteiger partial charge in [-0.2, -0.15) is 0 Å². The van der Waals surface area contributed by atoms with Crippen LogP contribution < -0.4 is 5.73 Å². The summed E-state index contributed by atoms with van der Waals surface area (Å²) in [5.74, 6) is 0.284. The van der Waals surface area contributed by atoms with Gasteiger partial charge in [-0.25, -0.2) is 14.8 Å². The molecule has 0 aliphatic carbocycles. The smallest absolute Gasteiger partial charge is 0.187 e. The van der Waals surface area contributed by atoms with Gasteiger partial charge < -0.3 is 5.73 Å². The van der Waals surface area contributed by atoms with E-state index in [1.807, 2.05) is 0 Å². The average Bonchev–Trinajstić information content (AvgIpc) is 2.29. The Labute approximate surface area is 97.5 Å². The van der Waals surface area contributed by atoms with Crippen molar-refractivity contribution in [2.24, 2.45) is 0 Å². The van der Waals surface area contributed by atoms with Crippen molar-refractivity contribution in [3.05, 3.63) is 47.0 Å².